The molecule has 3 heterocycles. The van der Waals surface area contributed by atoms with Gasteiger partial charge in [0.05, 0.1) is 46.9 Å². The fourth-order valence-corrected chi connectivity index (χ4v) is 4.02. The van der Waals surface area contributed by atoms with Crippen LogP contribution in [0.25, 0.3) is 0 Å². The number of carbonyl (C=O) groups excluding carboxylic acids is 3. The van der Waals surface area contributed by atoms with Crippen molar-refractivity contribution in [1.29, 1.82) is 0 Å². The Bertz CT molecular complexity index is 819. The summed E-state index contributed by atoms with van der Waals surface area (Å²) in [6.45, 7) is 1.81. The minimum Gasteiger partial charge on any atom is -0.465 e. The lowest BCUT2D eigenvalue weighted by molar-refractivity contribution is -0.126. The average molecular weight is 348 g/mol. The van der Waals surface area contributed by atoms with Gasteiger partial charge >= 0.3 is 5.97 Å². The molecule has 2 fully saturated rings. The number of fused-ring (bicyclic) bond motifs is 5. The summed E-state index contributed by atoms with van der Waals surface area (Å²) in [5, 5.41) is 0.196. The number of esters is 1. The van der Waals surface area contributed by atoms with E-state index in [1.807, 2.05) is 19.1 Å². The van der Waals surface area contributed by atoms with E-state index in [4.69, 9.17) is 16.3 Å². The van der Waals surface area contributed by atoms with Crippen molar-refractivity contribution >= 4 is 35.1 Å². The van der Waals surface area contributed by atoms with Crippen molar-refractivity contribution in [3.8, 4) is 0 Å². The molecule has 4 atom stereocenters. The molecule has 2 bridgehead atoms. The zero-order valence-corrected chi connectivity index (χ0v) is 13.7. The first kappa shape index (κ1) is 15.4. The summed E-state index contributed by atoms with van der Waals surface area (Å²) >= 11 is 6.00. The van der Waals surface area contributed by atoms with Crippen molar-refractivity contribution in [2.24, 2.45) is 11.8 Å². The van der Waals surface area contributed by atoms with Crippen LogP contribution in [0.3, 0.4) is 0 Å². The number of hydrogen-bond acceptors (Lipinski definition) is 5. The molecular formula is C17H14ClNO5. The predicted octanol–water partition coefficient (Wildman–Crippen LogP) is 1.96. The van der Waals surface area contributed by atoms with E-state index in [-0.39, 0.29) is 28.5 Å². The Labute approximate surface area is 143 Å². The number of hydrogen-bond donors (Lipinski definition) is 0. The van der Waals surface area contributed by atoms with Crippen LogP contribution in [0.4, 0.5) is 5.69 Å². The molecule has 0 spiro atoms. The SMILES string of the molecule is COC(=O)c1cc(N2C(=O)[C@H]3[C@H]4C=C[C@@](C)(O4)[C@H]3C2=O)ccc1Cl. The van der Waals surface area contributed by atoms with Gasteiger partial charge in [-0.1, -0.05) is 23.8 Å². The van der Waals surface area contributed by atoms with Gasteiger partial charge in [0.15, 0.2) is 0 Å². The molecule has 3 aliphatic rings. The minimum absolute atomic E-state index is 0.109. The molecule has 0 saturated carbocycles. The van der Waals surface area contributed by atoms with Crippen molar-refractivity contribution in [1.82, 2.24) is 0 Å². The number of anilines is 1. The molecule has 2 saturated heterocycles. The van der Waals surface area contributed by atoms with E-state index in [1.54, 1.807) is 6.07 Å². The molecule has 1 aromatic rings. The van der Waals surface area contributed by atoms with E-state index in [9.17, 15) is 14.4 Å². The number of ether oxygens (including phenoxy) is 2. The number of nitrogens with zero attached hydrogens (tertiary/aromatic N) is 1. The Morgan fingerprint density at radius 3 is 2.75 bits per heavy atom. The fourth-order valence-electron chi connectivity index (χ4n) is 3.83. The summed E-state index contributed by atoms with van der Waals surface area (Å²) in [4.78, 5) is 38.6. The van der Waals surface area contributed by atoms with Gasteiger partial charge < -0.3 is 9.47 Å². The van der Waals surface area contributed by atoms with Crippen molar-refractivity contribution < 1.29 is 23.9 Å². The van der Waals surface area contributed by atoms with Crippen LogP contribution >= 0.6 is 11.6 Å². The summed E-state index contributed by atoms with van der Waals surface area (Å²) in [5.41, 5.74) is -0.334. The Hall–Kier alpha value is -2.18. The first-order valence-electron chi connectivity index (χ1n) is 7.50. The molecule has 0 unspecified atom stereocenters. The maximum atomic E-state index is 12.9. The average Bonchev–Trinajstić information content (AvgIpc) is 3.16. The zero-order chi connectivity index (χ0) is 17.2. The van der Waals surface area contributed by atoms with Gasteiger partial charge in [-0.3, -0.25) is 9.59 Å². The van der Waals surface area contributed by atoms with E-state index in [0.717, 1.165) is 4.90 Å². The molecule has 2 amide bonds. The Balaban J connectivity index is 1.76. The van der Waals surface area contributed by atoms with Gasteiger partial charge in [-0.25, -0.2) is 9.69 Å². The van der Waals surface area contributed by atoms with E-state index < -0.39 is 23.4 Å². The second kappa shape index (κ2) is 4.91. The fraction of sp³-hybridized carbons (Fsp3) is 0.353. The molecule has 24 heavy (non-hydrogen) atoms. The van der Waals surface area contributed by atoms with Gasteiger partial charge in [-0.2, -0.15) is 0 Å². The smallest absolute Gasteiger partial charge is 0.339 e. The lowest BCUT2D eigenvalue weighted by atomic mass is 9.78. The van der Waals surface area contributed by atoms with Crippen LogP contribution in [0.5, 0.6) is 0 Å². The molecule has 0 aromatic heterocycles. The quantitative estimate of drug-likeness (QED) is 0.464. The van der Waals surface area contributed by atoms with Crippen LogP contribution in [-0.4, -0.2) is 36.6 Å². The number of rotatable bonds is 2. The third kappa shape index (κ3) is 1.84. The highest BCUT2D eigenvalue weighted by molar-refractivity contribution is 6.34. The first-order valence-corrected chi connectivity index (χ1v) is 7.88. The molecule has 3 aliphatic heterocycles. The number of methoxy groups -OCH3 is 1. The van der Waals surface area contributed by atoms with Gasteiger partial charge in [0.25, 0.3) is 0 Å². The van der Waals surface area contributed by atoms with E-state index in [1.165, 1.54) is 19.2 Å². The summed E-state index contributed by atoms with van der Waals surface area (Å²) < 4.78 is 10.5. The van der Waals surface area contributed by atoms with Gasteiger partial charge in [-0.15, -0.1) is 0 Å². The summed E-state index contributed by atoms with van der Waals surface area (Å²) in [6, 6.07) is 4.43. The monoisotopic (exact) mass is 347 g/mol. The predicted molar refractivity (Wildman–Crippen MR) is 84.7 cm³/mol. The largest absolute Gasteiger partial charge is 0.465 e. The summed E-state index contributed by atoms with van der Waals surface area (Å²) in [7, 11) is 1.24. The standard InChI is InChI=1S/C17H14ClNO5/c1-17-6-5-11(24-17)12-13(17)15(21)19(14(12)20)8-3-4-10(18)9(7-8)16(22)23-2/h3-7,11-13H,1-2H3/t11-,12+,13-,17-/m1/s1. The molecule has 0 N–H and O–H groups in total. The maximum Gasteiger partial charge on any atom is 0.339 e. The lowest BCUT2D eigenvalue weighted by Crippen LogP contribution is -2.38. The third-order valence-electron chi connectivity index (χ3n) is 4.94. The topological polar surface area (TPSA) is 72.9 Å². The van der Waals surface area contributed by atoms with Crippen molar-refractivity contribution in [2.45, 2.75) is 18.6 Å². The van der Waals surface area contributed by atoms with E-state index in [2.05, 4.69) is 4.74 Å². The Kier molecular flexibility index (Phi) is 3.14. The van der Waals surface area contributed by atoms with Crippen LogP contribution < -0.4 is 4.90 Å². The van der Waals surface area contributed by atoms with Crippen LogP contribution in [0.2, 0.25) is 5.02 Å². The van der Waals surface area contributed by atoms with Crippen molar-refractivity contribution in [2.75, 3.05) is 12.0 Å². The number of amides is 2. The molecule has 6 nitrogen and oxygen atoms in total. The van der Waals surface area contributed by atoms with E-state index in [0.29, 0.717) is 5.69 Å². The Morgan fingerprint density at radius 1 is 1.33 bits per heavy atom. The number of imide groups is 1. The number of carbonyl (C=O) groups is 3. The normalized spacial score (nSPS) is 33.3. The highest BCUT2D eigenvalue weighted by atomic mass is 35.5. The first-order chi connectivity index (χ1) is 11.4. The Morgan fingerprint density at radius 2 is 2.08 bits per heavy atom. The highest BCUT2D eigenvalue weighted by Gasteiger charge is 2.66. The molecule has 7 heteroatoms. The molecule has 1 aromatic carbocycles. The highest BCUT2D eigenvalue weighted by Crippen LogP contribution is 2.52. The maximum absolute atomic E-state index is 12.9. The molecule has 124 valence electrons. The zero-order valence-electron chi connectivity index (χ0n) is 13.0. The van der Waals surface area contributed by atoms with Crippen LogP contribution in [0.15, 0.2) is 30.4 Å². The van der Waals surface area contributed by atoms with Gasteiger partial charge in [0.2, 0.25) is 11.8 Å². The molecule has 4 rings (SSSR count). The van der Waals surface area contributed by atoms with Crippen LogP contribution in [-0.2, 0) is 19.1 Å². The van der Waals surface area contributed by atoms with Gasteiger partial charge in [0, 0.05) is 0 Å². The molecule has 0 aliphatic carbocycles. The molecular weight excluding hydrogens is 334 g/mol. The number of halogens is 1. The second-order valence-corrected chi connectivity index (χ2v) is 6.70. The van der Waals surface area contributed by atoms with Crippen molar-refractivity contribution in [3.63, 3.8) is 0 Å². The second-order valence-electron chi connectivity index (χ2n) is 6.30. The van der Waals surface area contributed by atoms with Gasteiger partial charge in [0.1, 0.15) is 0 Å². The summed E-state index contributed by atoms with van der Waals surface area (Å²) in [6.07, 6.45) is 3.29. The lowest BCUT2D eigenvalue weighted by Gasteiger charge is -2.24. The van der Waals surface area contributed by atoms with Gasteiger partial charge in [-0.05, 0) is 25.1 Å². The third-order valence-corrected chi connectivity index (χ3v) is 5.27. The van der Waals surface area contributed by atoms with Crippen molar-refractivity contribution in [3.05, 3.63) is 40.9 Å². The van der Waals surface area contributed by atoms with Crippen LogP contribution in [0, 0.1) is 11.8 Å². The summed E-state index contributed by atoms with van der Waals surface area (Å²) in [5.74, 6) is -2.33. The van der Waals surface area contributed by atoms with E-state index >= 15 is 0 Å². The minimum atomic E-state index is -0.756. The van der Waals surface area contributed by atoms with Crippen LogP contribution in [0.1, 0.15) is 17.3 Å². The molecule has 0 radical (unpaired) electrons. The number of benzene rings is 1.